The van der Waals surface area contributed by atoms with Crippen LogP contribution in [0.5, 0.6) is 0 Å². The number of likely N-dealkylation sites (N-methyl/N-ethyl adjacent to an activating group) is 1. The molecule has 2 aromatic rings. The minimum absolute atomic E-state index is 0.126. The number of halogens is 1. The van der Waals surface area contributed by atoms with E-state index in [9.17, 15) is 4.79 Å². The number of hydrogen-bond acceptors (Lipinski definition) is 4. The molecule has 2 unspecified atom stereocenters. The molecule has 1 N–H and O–H groups in total. The molecule has 1 aliphatic heterocycles. The normalized spacial score (nSPS) is 22.0. The maximum atomic E-state index is 12.0. The average Bonchev–Trinajstić information content (AvgIpc) is 2.56. The molecule has 0 saturated carbocycles. The highest BCUT2D eigenvalue weighted by atomic mass is 79.9. The average molecular weight is 377 g/mol. The Morgan fingerprint density at radius 3 is 2.70 bits per heavy atom. The van der Waals surface area contributed by atoms with E-state index in [0.29, 0.717) is 10.4 Å². The van der Waals surface area contributed by atoms with Gasteiger partial charge in [-0.2, -0.15) is 5.10 Å². The van der Waals surface area contributed by atoms with Gasteiger partial charge in [-0.1, -0.05) is 30.3 Å². The summed E-state index contributed by atoms with van der Waals surface area (Å²) in [4.78, 5) is 14.3. The molecule has 1 aromatic heterocycles. The van der Waals surface area contributed by atoms with Gasteiger partial charge in [0.2, 0.25) is 0 Å². The van der Waals surface area contributed by atoms with Gasteiger partial charge in [0.25, 0.3) is 5.56 Å². The van der Waals surface area contributed by atoms with Crippen LogP contribution in [-0.4, -0.2) is 40.9 Å². The summed E-state index contributed by atoms with van der Waals surface area (Å²) in [5.74, 6) is 0.491. The predicted molar refractivity (Wildman–Crippen MR) is 95.9 cm³/mol. The van der Waals surface area contributed by atoms with Crippen molar-refractivity contribution >= 4 is 21.6 Å². The first kappa shape index (κ1) is 16.2. The standard InChI is InChI=1S/C17H21BrN4O/c1-21-10-13(12-6-4-3-5-7-12)8-14(11-21)20-15-9-19-22(2)17(23)16(15)18/h3-7,9,13-14,20H,8,10-11H2,1-2H3. The number of piperidine rings is 1. The van der Waals surface area contributed by atoms with Crippen molar-refractivity contribution < 1.29 is 0 Å². The molecule has 1 aromatic carbocycles. The lowest BCUT2D eigenvalue weighted by atomic mass is 9.88. The van der Waals surface area contributed by atoms with Crippen LogP contribution in [0.4, 0.5) is 5.69 Å². The molecular formula is C17H21BrN4O. The first-order chi connectivity index (χ1) is 11.0. The van der Waals surface area contributed by atoms with Crippen LogP contribution in [0.3, 0.4) is 0 Å². The van der Waals surface area contributed by atoms with Crippen LogP contribution in [0.25, 0.3) is 0 Å². The number of aryl methyl sites for hydroxylation is 1. The SMILES string of the molecule is CN1CC(Nc2cnn(C)c(=O)c2Br)CC(c2ccccc2)C1. The fraction of sp³-hybridized carbons (Fsp3) is 0.412. The molecular weight excluding hydrogens is 356 g/mol. The third-order valence-corrected chi connectivity index (χ3v) is 5.11. The van der Waals surface area contributed by atoms with Gasteiger partial charge in [0.1, 0.15) is 4.47 Å². The maximum absolute atomic E-state index is 12.0. The molecule has 1 saturated heterocycles. The van der Waals surface area contributed by atoms with Gasteiger partial charge in [0.15, 0.2) is 0 Å². The zero-order valence-corrected chi connectivity index (χ0v) is 15.0. The molecule has 0 aliphatic carbocycles. The summed E-state index contributed by atoms with van der Waals surface area (Å²) < 4.78 is 1.87. The molecule has 0 spiro atoms. The lowest BCUT2D eigenvalue weighted by Gasteiger charge is -2.36. The highest BCUT2D eigenvalue weighted by Crippen LogP contribution is 2.28. The molecule has 3 rings (SSSR count). The van der Waals surface area contributed by atoms with Crippen molar-refractivity contribution in [1.82, 2.24) is 14.7 Å². The number of anilines is 1. The minimum Gasteiger partial charge on any atom is -0.379 e. The molecule has 122 valence electrons. The molecule has 0 amide bonds. The van der Waals surface area contributed by atoms with Crippen molar-refractivity contribution in [3.8, 4) is 0 Å². The van der Waals surface area contributed by atoms with E-state index in [4.69, 9.17) is 0 Å². The van der Waals surface area contributed by atoms with Gasteiger partial charge in [-0.25, -0.2) is 4.68 Å². The van der Waals surface area contributed by atoms with E-state index >= 15 is 0 Å². The molecule has 2 atom stereocenters. The summed E-state index contributed by atoms with van der Waals surface area (Å²) in [5, 5.41) is 7.58. The van der Waals surface area contributed by atoms with Gasteiger partial charge in [-0.15, -0.1) is 0 Å². The lowest BCUT2D eigenvalue weighted by molar-refractivity contribution is 0.235. The Morgan fingerprint density at radius 2 is 1.96 bits per heavy atom. The van der Waals surface area contributed by atoms with Crippen molar-refractivity contribution in [2.45, 2.75) is 18.4 Å². The van der Waals surface area contributed by atoms with Crippen LogP contribution in [0.1, 0.15) is 17.9 Å². The predicted octanol–water partition coefficient (Wildman–Crippen LogP) is 2.44. The minimum atomic E-state index is -0.126. The van der Waals surface area contributed by atoms with Gasteiger partial charge < -0.3 is 10.2 Å². The summed E-state index contributed by atoms with van der Waals surface area (Å²) in [6, 6.07) is 10.9. The van der Waals surface area contributed by atoms with E-state index in [-0.39, 0.29) is 11.6 Å². The van der Waals surface area contributed by atoms with Gasteiger partial charge in [0, 0.05) is 26.2 Å². The number of aromatic nitrogens is 2. The van der Waals surface area contributed by atoms with E-state index in [2.05, 4.69) is 62.6 Å². The fourth-order valence-electron chi connectivity index (χ4n) is 3.22. The number of benzene rings is 1. The summed E-state index contributed by atoms with van der Waals surface area (Å²) in [5.41, 5.74) is 2.01. The van der Waals surface area contributed by atoms with Crippen LogP contribution in [-0.2, 0) is 7.05 Å². The topological polar surface area (TPSA) is 50.2 Å². The van der Waals surface area contributed by atoms with Crippen LogP contribution in [0.2, 0.25) is 0 Å². The van der Waals surface area contributed by atoms with Crippen molar-refractivity contribution in [3.05, 3.63) is 56.9 Å². The Morgan fingerprint density at radius 1 is 1.22 bits per heavy atom. The smallest absolute Gasteiger partial charge is 0.282 e. The van der Waals surface area contributed by atoms with E-state index in [0.717, 1.165) is 25.2 Å². The van der Waals surface area contributed by atoms with Crippen LogP contribution in [0.15, 0.2) is 45.8 Å². The number of nitrogens with one attached hydrogen (secondary N) is 1. The fourth-order valence-corrected chi connectivity index (χ4v) is 3.70. The van der Waals surface area contributed by atoms with E-state index in [1.165, 1.54) is 10.2 Å². The quantitative estimate of drug-likeness (QED) is 0.893. The summed E-state index contributed by atoms with van der Waals surface area (Å²) in [6.07, 6.45) is 2.74. The summed E-state index contributed by atoms with van der Waals surface area (Å²) >= 11 is 3.38. The maximum Gasteiger partial charge on any atom is 0.282 e. The Bertz CT molecular complexity index is 731. The van der Waals surface area contributed by atoms with Crippen molar-refractivity contribution in [3.63, 3.8) is 0 Å². The Balaban J connectivity index is 1.78. The zero-order chi connectivity index (χ0) is 16.4. The van der Waals surface area contributed by atoms with Crippen molar-refractivity contribution in [2.24, 2.45) is 7.05 Å². The van der Waals surface area contributed by atoms with E-state index in [1.807, 2.05) is 6.07 Å². The highest BCUT2D eigenvalue weighted by Gasteiger charge is 2.27. The molecule has 5 nitrogen and oxygen atoms in total. The van der Waals surface area contributed by atoms with Gasteiger partial charge in [-0.3, -0.25) is 4.79 Å². The first-order valence-electron chi connectivity index (χ1n) is 7.76. The third-order valence-electron chi connectivity index (χ3n) is 4.34. The van der Waals surface area contributed by atoms with Crippen LogP contribution in [0, 0.1) is 0 Å². The molecule has 1 fully saturated rings. The second-order valence-electron chi connectivity index (χ2n) is 6.21. The second kappa shape index (κ2) is 6.84. The Kier molecular flexibility index (Phi) is 4.82. The van der Waals surface area contributed by atoms with Crippen LogP contribution < -0.4 is 10.9 Å². The largest absolute Gasteiger partial charge is 0.379 e. The van der Waals surface area contributed by atoms with Crippen LogP contribution >= 0.6 is 15.9 Å². The first-order valence-corrected chi connectivity index (χ1v) is 8.55. The Hall–Kier alpha value is -1.66. The van der Waals surface area contributed by atoms with Gasteiger partial charge in [-0.05, 0) is 40.9 Å². The zero-order valence-electron chi connectivity index (χ0n) is 13.4. The van der Waals surface area contributed by atoms with Gasteiger partial charge >= 0.3 is 0 Å². The monoisotopic (exact) mass is 376 g/mol. The Labute approximate surface area is 144 Å². The number of likely N-dealkylation sites (tertiary alicyclic amines) is 1. The molecule has 2 heterocycles. The second-order valence-corrected chi connectivity index (χ2v) is 7.00. The lowest BCUT2D eigenvalue weighted by Crippen LogP contribution is -2.43. The molecule has 6 heteroatoms. The van der Waals surface area contributed by atoms with Crippen molar-refractivity contribution in [1.29, 1.82) is 0 Å². The summed E-state index contributed by atoms with van der Waals surface area (Å²) in [7, 11) is 3.79. The number of nitrogens with zero attached hydrogens (tertiary/aromatic N) is 3. The molecule has 23 heavy (non-hydrogen) atoms. The molecule has 0 radical (unpaired) electrons. The van der Waals surface area contributed by atoms with E-state index < -0.39 is 0 Å². The number of rotatable bonds is 3. The molecule has 0 bridgehead atoms. The van der Waals surface area contributed by atoms with E-state index in [1.54, 1.807) is 13.2 Å². The third kappa shape index (κ3) is 3.64. The molecule has 1 aliphatic rings. The summed E-state index contributed by atoms with van der Waals surface area (Å²) in [6.45, 7) is 2.00. The highest BCUT2D eigenvalue weighted by molar-refractivity contribution is 9.10. The van der Waals surface area contributed by atoms with Gasteiger partial charge in [0.05, 0.1) is 11.9 Å². The number of hydrogen-bond donors (Lipinski definition) is 1. The van der Waals surface area contributed by atoms with Crippen molar-refractivity contribution in [2.75, 3.05) is 25.5 Å².